The third-order valence-corrected chi connectivity index (χ3v) is 7.42. The maximum absolute atomic E-state index is 11.1. The first-order chi connectivity index (χ1) is 17.3. The average Bonchev–Trinajstić information content (AvgIpc) is 2.86. The van der Waals surface area contributed by atoms with Crippen LogP contribution in [0.25, 0.3) is 0 Å². The Morgan fingerprint density at radius 2 is 1.00 bits per heavy atom. The Labute approximate surface area is 216 Å². The zero-order valence-corrected chi connectivity index (χ0v) is 22.1. The summed E-state index contributed by atoms with van der Waals surface area (Å²) in [6.07, 6.45) is 10.1. The molecule has 0 radical (unpaired) electrons. The van der Waals surface area contributed by atoms with Crippen LogP contribution in [0.4, 0.5) is 0 Å². The molecule has 3 aromatic carbocycles. The molecule has 0 aliphatic heterocycles. The maximum Gasteiger partial charge on any atom is 0.123 e. The van der Waals surface area contributed by atoms with Gasteiger partial charge in [0.2, 0.25) is 0 Å². The highest BCUT2D eigenvalue weighted by atomic mass is 16.3. The number of rotatable bonds is 13. The van der Waals surface area contributed by atoms with Crippen LogP contribution >= 0.6 is 0 Å². The molecule has 0 aliphatic rings. The summed E-state index contributed by atoms with van der Waals surface area (Å²) < 4.78 is 0. The smallest absolute Gasteiger partial charge is 0.123 e. The van der Waals surface area contributed by atoms with Crippen molar-refractivity contribution in [2.24, 2.45) is 0 Å². The Morgan fingerprint density at radius 1 is 0.556 bits per heavy atom. The van der Waals surface area contributed by atoms with E-state index >= 15 is 0 Å². The van der Waals surface area contributed by atoms with Crippen LogP contribution in [0.15, 0.2) is 54.6 Å². The van der Waals surface area contributed by atoms with E-state index in [-0.39, 0.29) is 23.0 Å². The SMILES string of the molecule is CCCCCCc1cc(C(C)(c2ccccc2)c2cc(CCCCCC)c(O)cc2O)c(O)cc1O. The number of aromatic hydroxyl groups is 4. The highest BCUT2D eigenvalue weighted by Crippen LogP contribution is 2.48. The minimum Gasteiger partial charge on any atom is -0.508 e. The largest absolute Gasteiger partial charge is 0.508 e. The molecule has 0 saturated heterocycles. The fourth-order valence-electron chi connectivity index (χ4n) is 5.16. The van der Waals surface area contributed by atoms with Gasteiger partial charge in [-0.1, -0.05) is 82.7 Å². The lowest BCUT2D eigenvalue weighted by Crippen LogP contribution is -2.26. The number of hydrogen-bond donors (Lipinski definition) is 4. The fourth-order valence-corrected chi connectivity index (χ4v) is 5.16. The van der Waals surface area contributed by atoms with Gasteiger partial charge in [-0.2, -0.15) is 0 Å². The van der Waals surface area contributed by atoms with E-state index in [1.165, 1.54) is 12.1 Å². The molecule has 4 nitrogen and oxygen atoms in total. The van der Waals surface area contributed by atoms with Gasteiger partial charge < -0.3 is 20.4 Å². The molecule has 0 bridgehead atoms. The van der Waals surface area contributed by atoms with Crippen molar-refractivity contribution < 1.29 is 20.4 Å². The number of unbranched alkanes of at least 4 members (excludes halogenated alkanes) is 6. The van der Waals surface area contributed by atoms with Crippen LogP contribution in [0.3, 0.4) is 0 Å². The Balaban J connectivity index is 2.14. The molecule has 0 heterocycles. The van der Waals surface area contributed by atoms with E-state index in [0.717, 1.165) is 68.1 Å². The molecule has 0 saturated carbocycles. The second-order valence-electron chi connectivity index (χ2n) is 10.1. The van der Waals surface area contributed by atoms with Gasteiger partial charge in [0.1, 0.15) is 23.0 Å². The molecule has 0 unspecified atom stereocenters. The van der Waals surface area contributed by atoms with Crippen LogP contribution in [0.5, 0.6) is 23.0 Å². The first-order valence-electron chi connectivity index (χ1n) is 13.5. The zero-order valence-electron chi connectivity index (χ0n) is 22.1. The van der Waals surface area contributed by atoms with Gasteiger partial charge >= 0.3 is 0 Å². The summed E-state index contributed by atoms with van der Waals surface area (Å²) in [5.41, 5.74) is 2.82. The van der Waals surface area contributed by atoms with Gasteiger partial charge in [0.15, 0.2) is 0 Å². The second kappa shape index (κ2) is 12.7. The summed E-state index contributed by atoms with van der Waals surface area (Å²) in [4.78, 5) is 0. The molecule has 3 aromatic rings. The minimum absolute atomic E-state index is 0.0202. The highest BCUT2D eigenvalue weighted by molar-refractivity contribution is 5.62. The summed E-state index contributed by atoms with van der Waals surface area (Å²) in [7, 11) is 0. The van der Waals surface area contributed by atoms with E-state index in [0.29, 0.717) is 24.0 Å². The zero-order chi connectivity index (χ0) is 26.1. The van der Waals surface area contributed by atoms with Crippen LogP contribution in [-0.4, -0.2) is 20.4 Å². The second-order valence-corrected chi connectivity index (χ2v) is 10.1. The quantitative estimate of drug-likeness (QED) is 0.144. The van der Waals surface area contributed by atoms with Crippen molar-refractivity contribution in [1.82, 2.24) is 0 Å². The molecule has 3 rings (SSSR count). The van der Waals surface area contributed by atoms with Crippen molar-refractivity contribution in [1.29, 1.82) is 0 Å². The number of hydrogen-bond acceptors (Lipinski definition) is 4. The summed E-state index contributed by atoms with van der Waals surface area (Å²) in [5, 5.41) is 43.4. The molecular weight excluding hydrogens is 448 g/mol. The molecule has 4 heteroatoms. The van der Waals surface area contributed by atoms with Gasteiger partial charge in [-0.3, -0.25) is 0 Å². The van der Waals surface area contributed by atoms with E-state index in [4.69, 9.17) is 0 Å². The Hall–Kier alpha value is -3.14. The summed E-state index contributed by atoms with van der Waals surface area (Å²) >= 11 is 0. The van der Waals surface area contributed by atoms with Crippen molar-refractivity contribution in [2.45, 2.75) is 90.4 Å². The van der Waals surface area contributed by atoms with Crippen molar-refractivity contribution >= 4 is 0 Å². The number of benzene rings is 3. The molecule has 0 atom stereocenters. The van der Waals surface area contributed by atoms with E-state index in [2.05, 4.69) is 13.8 Å². The Kier molecular flexibility index (Phi) is 9.69. The molecular formula is C32H42O4. The predicted molar refractivity (Wildman–Crippen MR) is 147 cm³/mol. The van der Waals surface area contributed by atoms with Crippen molar-refractivity contribution in [2.75, 3.05) is 0 Å². The van der Waals surface area contributed by atoms with E-state index < -0.39 is 5.41 Å². The fraction of sp³-hybridized carbons (Fsp3) is 0.438. The van der Waals surface area contributed by atoms with Crippen molar-refractivity contribution in [3.05, 3.63) is 82.4 Å². The summed E-state index contributed by atoms with van der Waals surface area (Å²) in [6, 6.07) is 16.4. The highest BCUT2D eigenvalue weighted by Gasteiger charge is 2.37. The van der Waals surface area contributed by atoms with Gasteiger partial charge in [0.25, 0.3) is 0 Å². The molecule has 0 aromatic heterocycles. The third-order valence-electron chi connectivity index (χ3n) is 7.42. The molecule has 0 fully saturated rings. The van der Waals surface area contributed by atoms with Gasteiger partial charge in [-0.15, -0.1) is 0 Å². The molecule has 4 N–H and O–H groups in total. The van der Waals surface area contributed by atoms with E-state index in [1.807, 2.05) is 49.4 Å². The van der Waals surface area contributed by atoms with Gasteiger partial charge in [-0.05, 0) is 61.4 Å². The van der Waals surface area contributed by atoms with Crippen LogP contribution in [0.2, 0.25) is 0 Å². The Bertz CT molecular complexity index is 1050. The molecule has 0 spiro atoms. The van der Waals surface area contributed by atoms with Crippen molar-refractivity contribution in [3.63, 3.8) is 0 Å². The normalized spacial score (nSPS) is 11.6. The number of phenolic OH excluding ortho intramolecular Hbond substituents is 4. The van der Waals surface area contributed by atoms with Crippen molar-refractivity contribution in [3.8, 4) is 23.0 Å². The lowest BCUT2D eigenvalue weighted by atomic mass is 9.69. The van der Waals surface area contributed by atoms with Gasteiger partial charge in [-0.25, -0.2) is 0 Å². The van der Waals surface area contributed by atoms with Crippen LogP contribution in [-0.2, 0) is 18.3 Å². The monoisotopic (exact) mass is 490 g/mol. The van der Waals surface area contributed by atoms with Crippen LogP contribution in [0, 0.1) is 0 Å². The van der Waals surface area contributed by atoms with Crippen LogP contribution < -0.4 is 0 Å². The topological polar surface area (TPSA) is 80.9 Å². The molecule has 36 heavy (non-hydrogen) atoms. The molecule has 0 amide bonds. The predicted octanol–water partition coefficient (Wildman–Crippen LogP) is 8.11. The van der Waals surface area contributed by atoms with Gasteiger partial charge in [0, 0.05) is 28.7 Å². The first kappa shape index (κ1) is 27.4. The number of phenols is 4. The Morgan fingerprint density at radius 3 is 1.42 bits per heavy atom. The maximum atomic E-state index is 11.1. The lowest BCUT2D eigenvalue weighted by molar-refractivity contribution is 0.423. The third kappa shape index (κ3) is 6.16. The summed E-state index contributed by atoms with van der Waals surface area (Å²) in [6.45, 7) is 6.33. The molecule has 194 valence electrons. The minimum atomic E-state index is -0.910. The van der Waals surface area contributed by atoms with Crippen LogP contribution in [0.1, 0.15) is 100.0 Å². The number of aryl methyl sites for hydroxylation is 2. The van der Waals surface area contributed by atoms with E-state index in [9.17, 15) is 20.4 Å². The average molecular weight is 491 g/mol. The van der Waals surface area contributed by atoms with E-state index in [1.54, 1.807) is 0 Å². The standard InChI is InChI=1S/C32H42O4/c1-4-6-8-11-15-23-19-26(30(35)21-28(23)33)32(3,25-17-13-10-14-18-25)27-20-24(16-12-9-7-5-2)29(34)22-31(27)36/h10,13-14,17-22,33-36H,4-9,11-12,15-16H2,1-3H3. The molecule has 0 aliphatic carbocycles. The van der Waals surface area contributed by atoms with Gasteiger partial charge in [0.05, 0.1) is 0 Å². The summed E-state index contributed by atoms with van der Waals surface area (Å²) in [5.74, 6) is 0.144. The lowest BCUT2D eigenvalue weighted by Gasteiger charge is -2.34. The first-order valence-corrected chi connectivity index (χ1v) is 13.5.